The molecule has 1 N–H and O–H groups in total. The van der Waals surface area contributed by atoms with Crippen LogP contribution in [-0.2, 0) is 0 Å². The minimum absolute atomic E-state index is 0.343. The standard InChI is InChI=1S/C15H30N4/c1-13(2)17-15(3,11-16)12-19-8-6-14(7-9-19)10-18(4)5/h13-14,17H,6-10,12H2,1-5H3. The number of hydrogen-bond acceptors (Lipinski definition) is 4. The maximum atomic E-state index is 9.39. The second-order valence-corrected chi connectivity index (χ2v) is 6.72. The van der Waals surface area contributed by atoms with Gasteiger partial charge in [-0.1, -0.05) is 0 Å². The molecule has 0 spiro atoms. The summed E-state index contributed by atoms with van der Waals surface area (Å²) in [7, 11) is 4.29. The summed E-state index contributed by atoms with van der Waals surface area (Å²) in [5, 5.41) is 12.8. The van der Waals surface area contributed by atoms with Gasteiger partial charge in [0.2, 0.25) is 0 Å². The molecule has 0 aromatic heterocycles. The Kier molecular flexibility index (Phi) is 6.25. The fraction of sp³-hybridized carbons (Fsp3) is 0.933. The molecule has 1 fully saturated rings. The second kappa shape index (κ2) is 7.23. The van der Waals surface area contributed by atoms with Crippen molar-refractivity contribution >= 4 is 0 Å². The first-order valence-corrected chi connectivity index (χ1v) is 7.40. The third kappa shape index (κ3) is 5.90. The molecular formula is C15H30N4. The maximum Gasteiger partial charge on any atom is 0.116 e. The Morgan fingerprint density at radius 1 is 1.37 bits per heavy atom. The first-order chi connectivity index (χ1) is 8.84. The number of nitriles is 1. The highest BCUT2D eigenvalue weighted by Gasteiger charge is 2.29. The fourth-order valence-corrected chi connectivity index (χ4v) is 3.04. The monoisotopic (exact) mass is 266 g/mol. The van der Waals surface area contributed by atoms with E-state index >= 15 is 0 Å². The van der Waals surface area contributed by atoms with Crippen LogP contribution >= 0.6 is 0 Å². The number of hydrogen-bond donors (Lipinski definition) is 1. The summed E-state index contributed by atoms with van der Waals surface area (Å²) < 4.78 is 0. The molecular weight excluding hydrogens is 236 g/mol. The average molecular weight is 266 g/mol. The highest BCUT2D eigenvalue weighted by Crippen LogP contribution is 2.19. The SMILES string of the molecule is CC(C)NC(C)(C#N)CN1CCC(CN(C)C)CC1. The summed E-state index contributed by atoms with van der Waals surface area (Å²) in [4.78, 5) is 4.71. The topological polar surface area (TPSA) is 42.3 Å². The van der Waals surface area contributed by atoms with Gasteiger partial charge in [-0.05, 0) is 66.7 Å². The van der Waals surface area contributed by atoms with Crippen LogP contribution in [0, 0.1) is 17.2 Å². The summed E-state index contributed by atoms with van der Waals surface area (Å²) >= 11 is 0. The highest BCUT2D eigenvalue weighted by molar-refractivity contribution is 5.06. The first kappa shape index (κ1) is 16.4. The highest BCUT2D eigenvalue weighted by atomic mass is 15.2. The van der Waals surface area contributed by atoms with Gasteiger partial charge in [0.15, 0.2) is 0 Å². The van der Waals surface area contributed by atoms with Crippen LogP contribution in [0.3, 0.4) is 0 Å². The molecule has 0 aliphatic carbocycles. The Hall–Kier alpha value is -0.630. The summed E-state index contributed by atoms with van der Waals surface area (Å²) in [6, 6.07) is 2.78. The van der Waals surface area contributed by atoms with Crippen molar-refractivity contribution in [3.05, 3.63) is 0 Å². The van der Waals surface area contributed by atoms with Gasteiger partial charge >= 0.3 is 0 Å². The molecule has 1 atom stereocenters. The number of likely N-dealkylation sites (tertiary alicyclic amines) is 1. The zero-order valence-corrected chi connectivity index (χ0v) is 13.2. The Morgan fingerprint density at radius 3 is 2.37 bits per heavy atom. The quantitative estimate of drug-likeness (QED) is 0.792. The maximum absolute atomic E-state index is 9.39. The number of piperidine rings is 1. The molecule has 0 aromatic rings. The van der Waals surface area contributed by atoms with E-state index in [1.165, 1.54) is 19.4 Å². The van der Waals surface area contributed by atoms with E-state index in [0.29, 0.717) is 6.04 Å². The molecule has 1 saturated heterocycles. The molecule has 0 radical (unpaired) electrons. The largest absolute Gasteiger partial charge is 0.309 e. The van der Waals surface area contributed by atoms with Gasteiger partial charge in [0.1, 0.15) is 5.54 Å². The molecule has 1 aliphatic heterocycles. The third-order valence-corrected chi connectivity index (χ3v) is 3.72. The van der Waals surface area contributed by atoms with E-state index < -0.39 is 5.54 Å². The first-order valence-electron chi connectivity index (χ1n) is 7.40. The van der Waals surface area contributed by atoms with E-state index in [1.54, 1.807) is 0 Å². The van der Waals surface area contributed by atoms with Crippen molar-refractivity contribution < 1.29 is 0 Å². The molecule has 1 unspecified atom stereocenters. The average Bonchev–Trinajstić information content (AvgIpc) is 2.30. The lowest BCUT2D eigenvalue weighted by Crippen LogP contribution is -2.54. The van der Waals surface area contributed by atoms with E-state index in [-0.39, 0.29) is 0 Å². The Labute approximate surface area is 118 Å². The van der Waals surface area contributed by atoms with Crippen molar-refractivity contribution in [3.8, 4) is 6.07 Å². The summed E-state index contributed by atoms with van der Waals surface area (Å²) in [6.45, 7) is 10.5. The molecule has 4 nitrogen and oxygen atoms in total. The predicted octanol–water partition coefficient (Wildman–Crippen LogP) is 1.54. The van der Waals surface area contributed by atoms with Crippen molar-refractivity contribution in [1.82, 2.24) is 15.1 Å². The third-order valence-electron chi connectivity index (χ3n) is 3.72. The number of nitrogens with zero attached hydrogens (tertiary/aromatic N) is 3. The fourth-order valence-electron chi connectivity index (χ4n) is 3.04. The van der Waals surface area contributed by atoms with Crippen LogP contribution in [0.5, 0.6) is 0 Å². The van der Waals surface area contributed by atoms with E-state index in [1.807, 2.05) is 6.92 Å². The lowest BCUT2D eigenvalue weighted by atomic mass is 9.94. The van der Waals surface area contributed by atoms with Gasteiger partial charge in [0, 0.05) is 19.1 Å². The molecule has 0 aromatic carbocycles. The van der Waals surface area contributed by atoms with E-state index in [0.717, 1.165) is 25.6 Å². The molecule has 4 heteroatoms. The normalized spacial score (nSPS) is 21.6. The van der Waals surface area contributed by atoms with Crippen LogP contribution in [0.2, 0.25) is 0 Å². The van der Waals surface area contributed by atoms with Gasteiger partial charge in [-0.25, -0.2) is 0 Å². The minimum Gasteiger partial charge on any atom is -0.309 e. The smallest absolute Gasteiger partial charge is 0.116 e. The van der Waals surface area contributed by atoms with Gasteiger partial charge in [0.05, 0.1) is 6.07 Å². The molecule has 110 valence electrons. The summed E-state index contributed by atoms with van der Waals surface area (Å²) in [5.74, 6) is 0.817. The number of nitrogens with one attached hydrogen (secondary N) is 1. The van der Waals surface area contributed by atoms with Crippen molar-refractivity contribution in [3.63, 3.8) is 0 Å². The van der Waals surface area contributed by atoms with Gasteiger partial charge in [-0.15, -0.1) is 0 Å². The van der Waals surface area contributed by atoms with E-state index in [2.05, 4.69) is 49.1 Å². The van der Waals surface area contributed by atoms with Crippen molar-refractivity contribution in [2.45, 2.75) is 45.2 Å². The second-order valence-electron chi connectivity index (χ2n) is 6.72. The molecule has 0 saturated carbocycles. The van der Waals surface area contributed by atoms with Crippen LogP contribution in [0.4, 0.5) is 0 Å². The van der Waals surface area contributed by atoms with Crippen molar-refractivity contribution in [2.75, 3.05) is 40.3 Å². The predicted molar refractivity (Wildman–Crippen MR) is 80.0 cm³/mol. The Balaban J connectivity index is 2.41. The minimum atomic E-state index is -0.428. The zero-order chi connectivity index (χ0) is 14.5. The van der Waals surface area contributed by atoms with E-state index in [9.17, 15) is 5.26 Å². The molecule has 1 heterocycles. The summed E-state index contributed by atoms with van der Waals surface area (Å²) in [6.07, 6.45) is 2.50. The van der Waals surface area contributed by atoms with Crippen molar-refractivity contribution in [1.29, 1.82) is 5.26 Å². The Bertz CT molecular complexity index is 300. The molecule has 0 bridgehead atoms. The van der Waals surface area contributed by atoms with Crippen LogP contribution < -0.4 is 5.32 Å². The summed E-state index contributed by atoms with van der Waals surface area (Å²) in [5.41, 5.74) is -0.428. The van der Waals surface area contributed by atoms with Crippen LogP contribution in [0.25, 0.3) is 0 Å². The molecule has 1 rings (SSSR count). The van der Waals surface area contributed by atoms with Gasteiger partial charge in [-0.2, -0.15) is 5.26 Å². The Morgan fingerprint density at radius 2 is 1.95 bits per heavy atom. The lowest BCUT2D eigenvalue weighted by molar-refractivity contribution is 0.138. The zero-order valence-electron chi connectivity index (χ0n) is 13.2. The molecule has 19 heavy (non-hydrogen) atoms. The van der Waals surface area contributed by atoms with Crippen LogP contribution in [0.15, 0.2) is 0 Å². The van der Waals surface area contributed by atoms with E-state index in [4.69, 9.17) is 0 Å². The van der Waals surface area contributed by atoms with Crippen LogP contribution in [0.1, 0.15) is 33.6 Å². The van der Waals surface area contributed by atoms with Gasteiger partial charge < -0.3 is 9.80 Å². The number of rotatable bonds is 6. The van der Waals surface area contributed by atoms with Crippen molar-refractivity contribution in [2.24, 2.45) is 5.92 Å². The van der Waals surface area contributed by atoms with Gasteiger partial charge in [-0.3, -0.25) is 5.32 Å². The van der Waals surface area contributed by atoms with Crippen LogP contribution in [-0.4, -0.2) is 61.7 Å². The molecule has 0 amide bonds. The lowest BCUT2D eigenvalue weighted by Gasteiger charge is -2.37. The molecule has 1 aliphatic rings. The van der Waals surface area contributed by atoms with Gasteiger partial charge in [0.25, 0.3) is 0 Å².